The minimum absolute atomic E-state index is 0.0120. The average Bonchev–Trinajstić information content (AvgIpc) is 3.09. The zero-order valence-corrected chi connectivity index (χ0v) is 14.6. The molecule has 1 atom stereocenters. The molecule has 0 radical (unpaired) electrons. The lowest BCUT2D eigenvalue weighted by Crippen LogP contribution is -2.27. The van der Waals surface area contributed by atoms with Gasteiger partial charge in [-0.2, -0.15) is 5.10 Å². The maximum atomic E-state index is 13.6. The first-order valence-corrected chi connectivity index (χ1v) is 9.83. The molecule has 134 valence electrons. The van der Waals surface area contributed by atoms with E-state index in [1.54, 1.807) is 17.7 Å². The minimum Gasteiger partial charge on any atom is -0.351 e. The Hall–Kier alpha value is -2.29. The zero-order valence-electron chi connectivity index (χ0n) is 13.8. The molecule has 7 nitrogen and oxygen atoms in total. The molecular formula is C16H19FN4O3S. The Morgan fingerprint density at radius 2 is 2.16 bits per heavy atom. The molecule has 0 saturated carbocycles. The molecule has 1 aliphatic rings. The Labute approximate surface area is 145 Å². The van der Waals surface area contributed by atoms with Crippen molar-refractivity contribution >= 4 is 15.7 Å². The van der Waals surface area contributed by atoms with Gasteiger partial charge in [-0.1, -0.05) is 12.1 Å². The van der Waals surface area contributed by atoms with Crippen LogP contribution in [0.15, 0.2) is 24.3 Å². The molecule has 3 rings (SSSR count). The Kier molecular flexibility index (Phi) is 4.85. The standard InChI is InChI=1S/C16H19FN4O3S/c1-11-19-15(21(20-11)12-7-9-25(23,24)10-12)6-8-18-16(22)13-4-2-3-5-14(13)17/h2-5,12H,6-10H2,1H3,(H,18,22). The number of aromatic nitrogens is 3. The van der Waals surface area contributed by atoms with Gasteiger partial charge in [0, 0.05) is 13.0 Å². The van der Waals surface area contributed by atoms with E-state index in [2.05, 4.69) is 15.4 Å². The van der Waals surface area contributed by atoms with E-state index in [-0.39, 0.29) is 29.7 Å². The summed E-state index contributed by atoms with van der Waals surface area (Å²) in [7, 11) is -3.03. The quantitative estimate of drug-likeness (QED) is 0.854. The summed E-state index contributed by atoms with van der Waals surface area (Å²) in [4.78, 5) is 16.3. The van der Waals surface area contributed by atoms with Crippen LogP contribution in [0.5, 0.6) is 0 Å². The average molecular weight is 366 g/mol. The van der Waals surface area contributed by atoms with Gasteiger partial charge in [0.1, 0.15) is 17.5 Å². The maximum Gasteiger partial charge on any atom is 0.254 e. The fourth-order valence-corrected chi connectivity index (χ4v) is 4.63. The number of sulfone groups is 1. The summed E-state index contributed by atoms with van der Waals surface area (Å²) in [5.41, 5.74) is -0.0120. The summed E-state index contributed by atoms with van der Waals surface area (Å²) in [5, 5.41) is 6.95. The third-order valence-corrected chi connectivity index (χ3v) is 5.87. The number of nitrogens with one attached hydrogen (secondary N) is 1. The first-order valence-electron chi connectivity index (χ1n) is 8.01. The fourth-order valence-electron chi connectivity index (χ4n) is 2.93. The van der Waals surface area contributed by atoms with E-state index in [0.29, 0.717) is 24.5 Å². The SMILES string of the molecule is Cc1nc(CCNC(=O)c2ccccc2F)n(C2CCS(=O)(=O)C2)n1. The van der Waals surface area contributed by atoms with Crippen LogP contribution in [0, 0.1) is 12.7 Å². The predicted molar refractivity (Wildman–Crippen MR) is 89.5 cm³/mol. The molecule has 0 aliphatic carbocycles. The van der Waals surface area contributed by atoms with Crippen LogP contribution >= 0.6 is 0 Å². The van der Waals surface area contributed by atoms with Crippen molar-refractivity contribution in [1.82, 2.24) is 20.1 Å². The number of hydrogen-bond donors (Lipinski definition) is 1. The molecule has 1 aliphatic heterocycles. The largest absolute Gasteiger partial charge is 0.351 e. The van der Waals surface area contributed by atoms with E-state index in [9.17, 15) is 17.6 Å². The molecule has 1 unspecified atom stereocenters. The number of amides is 1. The lowest BCUT2D eigenvalue weighted by Gasteiger charge is -2.12. The smallest absolute Gasteiger partial charge is 0.254 e. The van der Waals surface area contributed by atoms with Gasteiger partial charge in [-0.05, 0) is 25.5 Å². The van der Waals surface area contributed by atoms with Crippen LogP contribution < -0.4 is 5.32 Å². The van der Waals surface area contributed by atoms with Crippen LogP contribution in [0.1, 0.15) is 34.5 Å². The molecule has 1 amide bonds. The first-order chi connectivity index (χ1) is 11.9. The van der Waals surface area contributed by atoms with E-state index in [1.165, 1.54) is 18.2 Å². The summed E-state index contributed by atoms with van der Waals surface area (Å²) in [5.74, 6) is 0.317. The number of carbonyl (C=O) groups excluding carboxylic acids is 1. The molecule has 1 saturated heterocycles. The molecule has 1 aromatic carbocycles. The second-order valence-corrected chi connectivity index (χ2v) is 8.29. The molecule has 2 heterocycles. The number of carbonyl (C=O) groups is 1. The van der Waals surface area contributed by atoms with Gasteiger partial charge in [0.25, 0.3) is 5.91 Å². The van der Waals surface area contributed by atoms with Crippen LogP contribution in [-0.4, -0.2) is 47.1 Å². The molecule has 1 aromatic heterocycles. The van der Waals surface area contributed by atoms with Crippen molar-refractivity contribution < 1.29 is 17.6 Å². The van der Waals surface area contributed by atoms with Gasteiger partial charge >= 0.3 is 0 Å². The number of benzene rings is 1. The molecule has 0 spiro atoms. The molecule has 1 N–H and O–H groups in total. The molecule has 25 heavy (non-hydrogen) atoms. The predicted octanol–water partition coefficient (Wildman–Crippen LogP) is 1.06. The number of aryl methyl sites for hydroxylation is 1. The van der Waals surface area contributed by atoms with E-state index in [0.717, 1.165) is 0 Å². The highest BCUT2D eigenvalue weighted by Crippen LogP contribution is 2.24. The van der Waals surface area contributed by atoms with Crippen LogP contribution in [-0.2, 0) is 16.3 Å². The highest BCUT2D eigenvalue weighted by Gasteiger charge is 2.31. The van der Waals surface area contributed by atoms with Crippen LogP contribution in [0.3, 0.4) is 0 Å². The third kappa shape index (κ3) is 4.04. The van der Waals surface area contributed by atoms with Gasteiger partial charge in [0.05, 0.1) is 23.1 Å². The van der Waals surface area contributed by atoms with E-state index < -0.39 is 21.6 Å². The van der Waals surface area contributed by atoms with Crippen molar-refractivity contribution in [2.75, 3.05) is 18.1 Å². The Bertz CT molecular complexity index is 895. The lowest BCUT2D eigenvalue weighted by atomic mass is 10.2. The summed E-state index contributed by atoms with van der Waals surface area (Å²) in [6.45, 7) is 1.99. The van der Waals surface area contributed by atoms with E-state index in [1.807, 2.05) is 0 Å². The molecule has 1 fully saturated rings. The first kappa shape index (κ1) is 17.5. The van der Waals surface area contributed by atoms with Crippen molar-refractivity contribution in [3.8, 4) is 0 Å². The summed E-state index contributed by atoms with van der Waals surface area (Å²) in [6, 6.07) is 5.55. The minimum atomic E-state index is -3.03. The number of hydrogen-bond acceptors (Lipinski definition) is 5. The molecule has 2 aromatic rings. The van der Waals surface area contributed by atoms with Crippen LogP contribution in [0.25, 0.3) is 0 Å². The van der Waals surface area contributed by atoms with Crippen molar-refractivity contribution in [3.05, 3.63) is 47.3 Å². The fraction of sp³-hybridized carbons (Fsp3) is 0.438. The van der Waals surface area contributed by atoms with Gasteiger partial charge in [-0.15, -0.1) is 0 Å². The summed E-state index contributed by atoms with van der Waals surface area (Å²) in [6.07, 6.45) is 0.900. The highest BCUT2D eigenvalue weighted by molar-refractivity contribution is 7.91. The number of nitrogens with zero attached hydrogens (tertiary/aromatic N) is 3. The van der Waals surface area contributed by atoms with E-state index >= 15 is 0 Å². The van der Waals surface area contributed by atoms with Gasteiger partial charge in [0.2, 0.25) is 0 Å². The third-order valence-electron chi connectivity index (χ3n) is 4.11. The summed E-state index contributed by atoms with van der Waals surface area (Å²) < 4.78 is 38.6. The van der Waals surface area contributed by atoms with E-state index in [4.69, 9.17) is 0 Å². The van der Waals surface area contributed by atoms with Crippen molar-refractivity contribution in [1.29, 1.82) is 0 Å². The van der Waals surface area contributed by atoms with Crippen molar-refractivity contribution in [2.45, 2.75) is 25.8 Å². The maximum absolute atomic E-state index is 13.6. The highest BCUT2D eigenvalue weighted by atomic mass is 32.2. The molecule has 0 bridgehead atoms. The van der Waals surface area contributed by atoms with Gasteiger partial charge in [-0.25, -0.2) is 22.5 Å². The van der Waals surface area contributed by atoms with Crippen molar-refractivity contribution in [3.63, 3.8) is 0 Å². The molecular weight excluding hydrogens is 347 g/mol. The second-order valence-electron chi connectivity index (χ2n) is 6.06. The Morgan fingerprint density at radius 1 is 1.40 bits per heavy atom. The van der Waals surface area contributed by atoms with Gasteiger partial charge in [-0.3, -0.25) is 4.79 Å². The monoisotopic (exact) mass is 366 g/mol. The number of rotatable bonds is 5. The normalized spacial score (nSPS) is 19.0. The topological polar surface area (TPSA) is 94.0 Å². The van der Waals surface area contributed by atoms with Gasteiger partial charge < -0.3 is 5.32 Å². The van der Waals surface area contributed by atoms with Crippen molar-refractivity contribution in [2.24, 2.45) is 0 Å². The zero-order chi connectivity index (χ0) is 18.0. The molecule has 9 heteroatoms. The Balaban J connectivity index is 1.64. The van der Waals surface area contributed by atoms with Gasteiger partial charge in [0.15, 0.2) is 9.84 Å². The second kappa shape index (κ2) is 6.91. The van der Waals surface area contributed by atoms with Crippen LogP contribution in [0.2, 0.25) is 0 Å². The Morgan fingerprint density at radius 3 is 2.84 bits per heavy atom. The number of halogens is 1. The van der Waals surface area contributed by atoms with Crippen LogP contribution in [0.4, 0.5) is 4.39 Å². The lowest BCUT2D eigenvalue weighted by molar-refractivity contribution is 0.0950. The summed E-state index contributed by atoms with van der Waals surface area (Å²) >= 11 is 0.